The molecule has 1 aromatic rings. The maximum Gasteiger partial charge on any atom is 0.288 e. The molecular formula is C11H12Cl2N2O3. The maximum absolute atomic E-state index is 12.1. The van der Waals surface area contributed by atoms with Crippen molar-refractivity contribution < 1.29 is 9.72 Å². The minimum atomic E-state index is -0.614. The van der Waals surface area contributed by atoms with E-state index in [1.165, 1.54) is 23.1 Å². The van der Waals surface area contributed by atoms with Crippen LogP contribution in [0.4, 0.5) is 5.69 Å². The molecule has 0 aliphatic heterocycles. The van der Waals surface area contributed by atoms with Crippen molar-refractivity contribution in [3.63, 3.8) is 0 Å². The Hall–Kier alpha value is -1.33. The number of nitro groups is 1. The Morgan fingerprint density at radius 1 is 1.50 bits per heavy atom. The maximum atomic E-state index is 12.1. The van der Waals surface area contributed by atoms with Crippen LogP contribution in [-0.2, 0) is 0 Å². The number of nitrogens with zero attached hydrogens (tertiary/aromatic N) is 2. The Bertz CT molecular complexity index is 466. The topological polar surface area (TPSA) is 63.5 Å². The van der Waals surface area contributed by atoms with Gasteiger partial charge in [0.15, 0.2) is 0 Å². The fourth-order valence-corrected chi connectivity index (χ4v) is 1.86. The second-order valence-corrected chi connectivity index (χ2v) is 4.28. The molecule has 0 radical (unpaired) electrons. The minimum Gasteiger partial charge on any atom is -0.338 e. The normalized spacial score (nSPS) is 10.2. The lowest BCUT2D eigenvalue weighted by Gasteiger charge is -2.19. The van der Waals surface area contributed by atoms with Crippen LogP contribution in [0.1, 0.15) is 17.3 Å². The molecule has 18 heavy (non-hydrogen) atoms. The molecule has 0 N–H and O–H groups in total. The number of rotatable bonds is 5. The van der Waals surface area contributed by atoms with Gasteiger partial charge >= 0.3 is 0 Å². The van der Waals surface area contributed by atoms with Gasteiger partial charge in [0, 0.05) is 30.6 Å². The van der Waals surface area contributed by atoms with E-state index in [1.807, 2.05) is 6.92 Å². The Morgan fingerprint density at radius 3 is 2.67 bits per heavy atom. The van der Waals surface area contributed by atoms with Crippen molar-refractivity contribution >= 4 is 34.8 Å². The molecule has 0 saturated carbocycles. The highest BCUT2D eigenvalue weighted by molar-refractivity contribution is 6.32. The molecule has 0 aliphatic rings. The number of hydrogen-bond donors (Lipinski definition) is 0. The highest BCUT2D eigenvalue weighted by atomic mass is 35.5. The number of alkyl halides is 1. The molecule has 7 heteroatoms. The summed E-state index contributed by atoms with van der Waals surface area (Å²) in [6, 6.07) is 4.00. The summed E-state index contributed by atoms with van der Waals surface area (Å²) in [6.07, 6.45) is 0. The SMILES string of the molecule is CCN(CCCl)C(=O)c1ccc(Cl)c([N+](=O)[O-])c1. The van der Waals surface area contributed by atoms with E-state index in [2.05, 4.69) is 0 Å². The molecule has 0 saturated heterocycles. The number of halogens is 2. The molecule has 0 aliphatic carbocycles. The van der Waals surface area contributed by atoms with Crippen LogP contribution in [-0.4, -0.2) is 34.7 Å². The molecular weight excluding hydrogens is 279 g/mol. The van der Waals surface area contributed by atoms with Crippen LogP contribution in [0, 0.1) is 10.1 Å². The first-order valence-corrected chi connectivity index (χ1v) is 6.21. The molecule has 0 bridgehead atoms. The lowest BCUT2D eigenvalue weighted by atomic mass is 10.1. The van der Waals surface area contributed by atoms with Gasteiger partial charge in [0.1, 0.15) is 5.02 Å². The number of hydrogen-bond acceptors (Lipinski definition) is 3. The molecule has 98 valence electrons. The number of carbonyl (C=O) groups is 1. The Labute approximate surface area is 114 Å². The van der Waals surface area contributed by atoms with Gasteiger partial charge in [0.05, 0.1) is 4.92 Å². The van der Waals surface area contributed by atoms with Crippen molar-refractivity contribution in [2.24, 2.45) is 0 Å². The highest BCUT2D eigenvalue weighted by Gasteiger charge is 2.19. The van der Waals surface area contributed by atoms with Crippen LogP contribution >= 0.6 is 23.2 Å². The van der Waals surface area contributed by atoms with E-state index >= 15 is 0 Å². The van der Waals surface area contributed by atoms with E-state index in [9.17, 15) is 14.9 Å². The molecule has 0 aromatic heterocycles. The zero-order chi connectivity index (χ0) is 13.7. The molecule has 1 amide bonds. The van der Waals surface area contributed by atoms with Crippen molar-refractivity contribution in [1.82, 2.24) is 4.90 Å². The van der Waals surface area contributed by atoms with Gasteiger partial charge in [-0.1, -0.05) is 11.6 Å². The monoisotopic (exact) mass is 290 g/mol. The summed E-state index contributed by atoms with van der Waals surface area (Å²) < 4.78 is 0. The third-order valence-corrected chi connectivity index (χ3v) is 2.90. The van der Waals surface area contributed by atoms with Crippen molar-refractivity contribution in [2.45, 2.75) is 6.92 Å². The quantitative estimate of drug-likeness (QED) is 0.476. The van der Waals surface area contributed by atoms with Crippen LogP contribution in [0.25, 0.3) is 0 Å². The Morgan fingerprint density at radius 2 is 2.17 bits per heavy atom. The minimum absolute atomic E-state index is 0.0111. The lowest BCUT2D eigenvalue weighted by molar-refractivity contribution is -0.384. The molecule has 0 fully saturated rings. The van der Waals surface area contributed by atoms with E-state index in [0.29, 0.717) is 19.0 Å². The van der Waals surface area contributed by atoms with E-state index < -0.39 is 4.92 Å². The standard InChI is InChI=1S/C11H12Cl2N2O3/c1-2-14(6-5-12)11(16)8-3-4-9(13)10(7-8)15(17)18/h3-4,7H,2,5-6H2,1H3. The summed E-state index contributed by atoms with van der Waals surface area (Å²) in [6.45, 7) is 2.70. The van der Waals surface area contributed by atoms with Crippen LogP contribution in [0.2, 0.25) is 5.02 Å². The predicted molar refractivity (Wildman–Crippen MR) is 70.4 cm³/mol. The van der Waals surface area contributed by atoms with Gasteiger partial charge in [-0.05, 0) is 19.1 Å². The average molecular weight is 291 g/mol. The molecule has 0 heterocycles. The van der Waals surface area contributed by atoms with Crippen LogP contribution in [0.15, 0.2) is 18.2 Å². The fraction of sp³-hybridized carbons (Fsp3) is 0.364. The van der Waals surface area contributed by atoms with Crippen molar-refractivity contribution in [3.05, 3.63) is 38.9 Å². The molecule has 1 rings (SSSR count). The average Bonchev–Trinajstić information content (AvgIpc) is 2.35. The first-order valence-electron chi connectivity index (χ1n) is 5.30. The third kappa shape index (κ3) is 3.34. The smallest absolute Gasteiger partial charge is 0.288 e. The van der Waals surface area contributed by atoms with E-state index in [1.54, 1.807) is 0 Å². The van der Waals surface area contributed by atoms with Gasteiger partial charge in [-0.3, -0.25) is 14.9 Å². The van der Waals surface area contributed by atoms with Gasteiger partial charge in [-0.25, -0.2) is 0 Å². The molecule has 0 atom stereocenters. The second kappa shape index (κ2) is 6.56. The third-order valence-electron chi connectivity index (χ3n) is 2.41. The molecule has 0 unspecified atom stereocenters. The first-order chi connectivity index (χ1) is 8.51. The van der Waals surface area contributed by atoms with Crippen LogP contribution < -0.4 is 0 Å². The Balaban J connectivity index is 3.06. The molecule has 5 nitrogen and oxygen atoms in total. The van der Waals surface area contributed by atoms with Crippen LogP contribution in [0.3, 0.4) is 0 Å². The van der Waals surface area contributed by atoms with Gasteiger partial charge in [-0.2, -0.15) is 0 Å². The van der Waals surface area contributed by atoms with E-state index in [4.69, 9.17) is 23.2 Å². The lowest BCUT2D eigenvalue weighted by Crippen LogP contribution is -2.32. The zero-order valence-electron chi connectivity index (χ0n) is 9.73. The Kier molecular flexibility index (Phi) is 5.37. The second-order valence-electron chi connectivity index (χ2n) is 3.50. The van der Waals surface area contributed by atoms with Gasteiger partial charge in [0.2, 0.25) is 0 Å². The van der Waals surface area contributed by atoms with E-state index in [0.717, 1.165) is 0 Å². The van der Waals surface area contributed by atoms with Gasteiger partial charge < -0.3 is 4.90 Å². The van der Waals surface area contributed by atoms with Gasteiger partial charge in [0.25, 0.3) is 11.6 Å². The van der Waals surface area contributed by atoms with Gasteiger partial charge in [-0.15, -0.1) is 11.6 Å². The largest absolute Gasteiger partial charge is 0.338 e. The first kappa shape index (κ1) is 14.7. The predicted octanol–water partition coefficient (Wildman–Crippen LogP) is 2.95. The summed E-state index contributed by atoms with van der Waals surface area (Å²) in [5.74, 6) is 0.0211. The van der Waals surface area contributed by atoms with Crippen molar-refractivity contribution in [2.75, 3.05) is 19.0 Å². The summed E-state index contributed by atoms with van der Waals surface area (Å²) in [7, 11) is 0. The van der Waals surface area contributed by atoms with Crippen molar-refractivity contribution in [3.8, 4) is 0 Å². The fourth-order valence-electron chi connectivity index (χ4n) is 1.47. The molecule has 1 aromatic carbocycles. The zero-order valence-corrected chi connectivity index (χ0v) is 11.2. The summed E-state index contributed by atoms with van der Waals surface area (Å²) >= 11 is 11.3. The number of benzene rings is 1. The van der Waals surface area contributed by atoms with Crippen LogP contribution in [0.5, 0.6) is 0 Å². The highest BCUT2D eigenvalue weighted by Crippen LogP contribution is 2.25. The van der Waals surface area contributed by atoms with Crippen molar-refractivity contribution in [1.29, 1.82) is 0 Å². The summed E-state index contributed by atoms with van der Waals surface area (Å²) in [5, 5.41) is 10.7. The number of carbonyl (C=O) groups excluding carboxylic acids is 1. The van der Waals surface area contributed by atoms with E-state index in [-0.39, 0.29) is 22.2 Å². The number of amides is 1. The molecule has 0 spiro atoms. The number of nitro benzene ring substituents is 1. The summed E-state index contributed by atoms with van der Waals surface area (Å²) in [5.41, 5.74) is -0.0393. The summed E-state index contributed by atoms with van der Waals surface area (Å²) in [4.78, 5) is 23.7.